The van der Waals surface area contributed by atoms with E-state index in [-0.39, 0.29) is 11.8 Å². The van der Waals surface area contributed by atoms with Gasteiger partial charge in [-0.3, -0.25) is 14.5 Å². The molecule has 2 amide bonds. The molecule has 0 saturated heterocycles. The number of carbonyl (C=O) groups excluding carboxylic acids is 2. The molecule has 0 aliphatic carbocycles. The van der Waals surface area contributed by atoms with Gasteiger partial charge in [-0.15, -0.1) is 0 Å². The van der Waals surface area contributed by atoms with Gasteiger partial charge in [0.05, 0.1) is 0 Å². The molecule has 1 rings (SSSR count). The van der Waals surface area contributed by atoms with E-state index in [9.17, 15) is 9.59 Å². The first-order chi connectivity index (χ1) is 5.75. The molecule has 0 radical (unpaired) electrons. The molecular weight excluding hydrogens is 222 g/mol. The number of alkyl halides is 1. The highest BCUT2D eigenvalue weighted by Gasteiger charge is 2.21. The highest BCUT2D eigenvalue weighted by atomic mass is 79.9. The van der Waals surface area contributed by atoms with Crippen molar-refractivity contribution >= 4 is 27.7 Å². The first-order valence-electron chi connectivity index (χ1n) is 3.85. The number of hydrogen-bond donors (Lipinski definition) is 0. The molecule has 1 aliphatic rings. The Bertz CT molecular complexity index is 207. The van der Waals surface area contributed by atoms with Crippen molar-refractivity contribution in [3.8, 4) is 0 Å². The summed E-state index contributed by atoms with van der Waals surface area (Å²) in [6.07, 6.45) is 4.48. The van der Waals surface area contributed by atoms with Gasteiger partial charge in [-0.25, -0.2) is 0 Å². The zero-order valence-electron chi connectivity index (χ0n) is 6.62. The molecule has 0 atom stereocenters. The fourth-order valence-corrected chi connectivity index (χ4v) is 1.41. The van der Waals surface area contributed by atoms with Gasteiger partial charge in [-0.2, -0.15) is 0 Å². The minimum absolute atomic E-state index is 0.186. The second-order valence-electron chi connectivity index (χ2n) is 2.56. The highest BCUT2D eigenvalue weighted by molar-refractivity contribution is 9.09. The maximum Gasteiger partial charge on any atom is 0.253 e. The van der Waals surface area contributed by atoms with Crippen molar-refractivity contribution in [3.05, 3.63) is 12.2 Å². The smallest absolute Gasteiger partial charge is 0.253 e. The lowest BCUT2D eigenvalue weighted by molar-refractivity contribution is -0.136. The van der Waals surface area contributed by atoms with E-state index in [0.29, 0.717) is 6.54 Å². The second-order valence-corrected chi connectivity index (χ2v) is 3.35. The van der Waals surface area contributed by atoms with E-state index >= 15 is 0 Å². The lowest BCUT2D eigenvalue weighted by atomic mass is 10.3. The van der Waals surface area contributed by atoms with Crippen molar-refractivity contribution in [1.82, 2.24) is 4.90 Å². The Kier molecular flexibility index (Phi) is 3.47. The molecule has 0 bridgehead atoms. The maximum absolute atomic E-state index is 11.0. The van der Waals surface area contributed by atoms with Crippen LogP contribution in [0.15, 0.2) is 12.2 Å². The summed E-state index contributed by atoms with van der Waals surface area (Å²) in [7, 11) is 0. The average Bonchev–Trinajstić information content (AvgIpc) is 2.35. The molecule has 0 fully saturated rings. The van der Waals surface area contributed by atoms with Crippen LogP contribution >= 0.6 is 15.9 Å². The molecule has 4 heteroatoms. The van der Waals surface area contributed by atoms with Gasteiger partial charge in [0.1, 0.15) is 0 Å². The Morgan fingerprint density at radius 1 is 1.17 bits per heavy atom. The summed E-state index contributed by atoms with van der Waals surface area (Å²) >= 11 is 3.29. The van der Waals surface area contributed by atoms with E-state index in [1.807, 2.05) is 0 Å². The van der Waals surface area contributed by atoms with Crippen LogP contribution in [0.25, 0.3) is 0 Å². The van der Waals surface area contributed by atoms with Crippen LogP contribution in [0, 0.1) is 0 Å². The molecule has 0 unspecified atom stereocenters. The Morgan fingerprint density at radius 2 is 1.75 bits per heavy atom. The third-order valence-corrected chi connectivity index (χ3v) is 2.23. The summed E-state index contributed by atoms with van der Waals surface area (Å²) in [6, 6.07) is 0. The standard InChI is InChI=1S/C8H10BrNO2/c9-5-1-2-6-10-7(11)3-4-8(10)12/h3-4H,1-2,5-6H2. The van der Waals surface area contributed by atoms with Crippen LogP contribution in [0.2, 0.25) is 0 Å². The topological polar surface area (TPSA) is 37.4 Å². The van der Waals surface area contributed by atoms with Gasteiger partial charge in [0.25, 0.3) is 11.8 Å². The summed E-state index contributed by atoms with van der Waals surface area (Å²) in [4.78, 5) is 23.2. The van der Waals surface area contributed by atoms with Gasteiger partial charge in [-0.1, -0.05) is 15.9 Å². The van der Waals surface area contributed by atoms with E-state index in [4.69, 9.17) is 0 Å². The summed E-state index contributed by atoms with van der Waals surface area (Å²) < 4.78 is 0. The van der Waals surface area contributed by atoms with Crippen molar-refractivity contribution in [2.45, 2.75) is 12.8 Å². The molecular formula is C8H10BrNO2. The predicted octanol–water partition coefficient (Wildman–Crippen LogP) is 1.09. The normalized spacial score (nSPS) is 16.2. The Balaban J connectivity index is 2.33. The zero-order chi connectivity index (χ0) is 8.97. The van der Waals surface area contributed by atoms with Crippen LogP contribution in [-0.4, -0.2) is 28.6 Å². The Labute approximate surface area is 79.5 Å². The van der Waals surface area contributed by atoms with Gasteiger partial charge in [-0.05, 0) is 12.8 Å². The van der Waals surface area contributed by atoms with Crippen LogP contribution in [0.1, 0.15) is 12.8 Å². The zero-order valence-corrected chi connectivity index (χ0v) is 8.21. The van der Waals surface area contributed by atoms with Crippen LogP contribution in [0.4, 0.5) is 0 Å². The molecule has 1 heterocycles. The molecule has 0 saturated carbocycles. The molecule has 12 heavy (non-hydrogen) atoms. The molecule has 0 aromatic rings. The van der Waals surface area contributed by atoms with Crippen LogP contribution in [0.3, 0.4) is 0 Å². The molecule has 0 aromatic heterocycles. The minimum Gasteiger partial charge on any atom is -0.275 e. The van der Waals surface area contributed by atoms with E-state index < -0.39 is 0 Å². The van der Waals surface area contributed by atoms with Gasteiger partial charge in [0, 0.05) is 24.0 Å². The lowest BCUT2D eigenvalue weighted by Crippen LogP contribution is -2.30. The summed E-state index contributed by atoms with van der Waals surface area (Å²) in [5, 5.41) is 0.913. The van der Waals surface area contributed by atoms with E-state index in [1.54, 1.807) is 0 Å². The number of rotatable bonds is 4. The van der Waals surface area contributed by atoms with Gasteiger partial charge in [0.15, 0.2) is 0 Å². The average molecular weight is 232 g/mol. The minimum atomic E-state index is -0.186. The van der Waals surface area contributed by atoms with Crippen LogP contribution in [-0.2, 0) is 9.59 Å². The van der Waals surface area contributed by atoms with Gasteiger partial charge < -0.3 is 0 Å². The predicted molar refractivity (Wildman–Crippen MR) is 48.9 cm³/mol. The largest absolute Gasteiger partial charge is 0.275 e. The fourth-order valence-electron chi connectivity index (χ4n) is 1.02. The van der Waals surface area contributed by atoms with Crippen molar-refractivity contribution in [2.24, 2.45) is 0 Å². The second kappa shape index (κ2) is 4.40. The summed E-state index contributed by atoms with van der Waals surface area (Å²) in [5.74, 6) is -0.371. The van der Waals surface area contributed by atoms with Gasteiger partial charge >= 0.3 is 0 Å². The number of nitrogens with zero attached hydrogens (tertiary/aromatic N) is 1. The quantitative estimate of drug-likeness (QED) is 0.413. The van der Waals surface area contributed by atoms with E-state index in [0.717, 1.165) is 18.2 Å². The lowest BCUT2D eigenvalue weighted by Gasteiger charge is -2.12. The number of amides is 2. The first kappa shape index (κ1) is 9.45. The number of unbranched alkanes of at least 4 members (excludes halogenated alkanes) is 1. The van der Waals surface area contributed by atoms with Crippen LogP contribution in [0.5, 0.6) is 0 Å². The molecule has 0 spiro atoms. The maximum atomic E-state index is 11.0. The van der Waals surface area contributed by atoms with Crippen molar-refractivity contribution in [1.29, 1.82) is 0 Å². The van der Waals surface area contributed by atoms with E-state index in [1.165, 1.54) is 17.1 Å². The van der Waals surface area contributed by atoms with Crippen molar-refractivity contribution in [2.75, 3.05) is 11.9 Å². The first-order valence-corrected chi connectivity index (χ1v) is 4.97. The van der Waals surface area contributed by atoms with Crippen molar-refractivity contribution in [3.63, 3.8) is 0 Å². The highest BCUT2D eigenvalue weighted by Crippen LogP contribution is 2.05. The molecule has 66 valence electrons. The van der Waals surface area contributed by atoms with Gasteiger partial charge in [0.2, 0.25) is 0 Å². The van der Waals surface area contributed by atoms with Crippen LogP contribution < -0.4 is 0 Å². The summed E-state index contributed by atoms with van der Waals surface area (Å²) in [5.41, 5.74) is 0. The molecule has 3 nitrogen and oxygen atoms in total. The molecule has 0 N–H and O–H groups in total. The molecule has 1 aliphatic heterocycles. The number of imide groups is 1. The number of carbonyl (C=O) groups is 2. The van der Waals surface area contributed by atoms with Crippen molar-refractivity contribution < 1.29 is 9.59 Å². The Hall–Kier alpha value is -0.640. The fraction of sp³-hybridized carbons (Fsp3) is 0.500. The third kappa shape index (κ3) is 2.17. The third-order valence-electron chi connectivity index (χ3n) is 1.67. The summed E-state index contributed by atoms with van der Waals surface area (Å²) in [6.45, 7) is 0.538. The SMILES string of the molecule is O=C1C=CC(=O)N1CCCCBr. The number of halogens is 1. The van der Waals surface area contributed by atoms with E-state index in [2.05, 4.69) is 15.9 Å². The Morgan fingerprint density at radius 3 is 2.25 bits per heavy atom. The molecule has 0 aromatic carbocycles. The monoisotopic (exact) mass is 231 g/mol. The number of hydrogen-bond acceptors (Lipinski definition) is 2.